The molecule has 1 unspecified atom stereocenters. The van der Waals surface area contributed by atoms with Crippen molar-refractivity contribution in [2.45, 2.75) is 32.9 Å². The fourth-order valence-corrected chi connectivity index (χ4v) is 1.50. The Morgan fingerprint density at radius 3 is 3.07 bits per heavy atom. The third kappa shape index (κ3) is 2.36. The summed E-state index contributed by atoms with van der Waals surface area (Å²) < 4.78 is 2.05. The second-order valence-corrected chi connectivity index (χ2v) is 3.89. The van der Waals surface area contributed by atoms with Crippen LogP contribution in [0.15, 0.2) is 30.6 Å². The first-order valence-electron chi connectivity index (χ1n) is 5.45. The molecular weight excluding hydrogens is 186 g/mol. The second-order valence-electron chi connectivity index (χ2n) is 3.89. The van der Waals surface area contributed by atoms with Crippen molar-refractivity contribution in [2.75, 3.05) is 0 Å². The van der Waals surface area contributed by atoms with Gasteiger partial charge in [0.15, 0.2) is 0 Å². The Morgan fingerprint density at radius 1 is 1.47 bits per heavy atom. The van der Waals surface area contributed by atoms with Gasteiger partial charge in [0, 0.05) is 25.0 Å². The molecule has 0 aromatic carbocycles. The van der Waals surface area contributed by atoms with Gasteiger partial charge in [0.1, 0.15) is 5.65 Å². The number of rotatable bonds is 4. The fourth-order valence-electron chi connectivity index (χ4n) is 1.50. The van der Waals surface area contributed by atoms with Gasteiger partial charge in [-0.05, 0) is 25.5 Å². The maximum absolute atomic E-state index is 4.52. The molecule has 3 nitrogen and oxygen atoms in total. The normalized spacial score (nSPS) is 13.2. The van der Waals surface area contributed by atoms with Gasteiger partial charge >= 0.3 is 0 Å². The van der Waals surface area contributed by atoms with E-state index >= 15 is 0 Å². The third-order valence-corrected chi connectivity index (χ3v) is 2.66. The van der Waals surface area contributed by atoms with E-state index in [1.165, 1.54) is 0 Å². The molecule has 0 spiro atoms. The van der Waals surface area contributed by atoms with Crippen LogP contribution < -0.4 is 5.32 Å². The van der Waals surface area contributed by atoms with Crippen molar-refractivity contribution < 1.29 is 0 Å². The van der Waals surface area contributed by atoms with E-state index in [0.717, 1.165) is 24.3 Å². The standard InChI is InChI=1S/C12H17N3/c1-3-10(2)13-8-11-9-15-7-5-4-6-12(15)14-11/h4-7,9-10,13H,3,8H2,1-2H3. The molecule has 2 heterocycles. The molecule has 0 radical (unpaired) electrons. The lowest BCUT2D eigenvalue weighted by molar-refractivity contribution is 0.530. The van der Waals surface area contributed by atoms with Gasteiger partial charge in [0.05, 0.1) is 5.69 Å². The summed E-state index contributed by atoms with van der Waals surface area (Å²) in [5.41, 5.74) is 2.11. The van der Waals surface area contributed by atoms with Crippen LogP contribution in [0, 0.1) is 0 Å². The SMILES string of the molecule is CCC(C)NCc1cn2ccccc2n1. The summed E-state index contributed by atoms with van der Waals surface area (Å²) in [6.45, 7) is 5.22. The van der Waals surface area contributed by atoms with Gasteiger partial charge < -0.3 is 9.72 Å². The summed E-state index contributed by atoms with van der Waals surface area (Å²) in [6.07, 6.45) is 5.24. The van der Waals surface area contributed by atoms with Crippen LogP contribution in [0.5, 0.6) is 0 Å². The Balaban J connectivity index is 2.09. The van der Waals surface area contributed by atoms with Gasteiger partial charge in [0.25, 0.3) is 0 Å². The number of fused-ring (bicyclic) bond motifs is 1. The summed E-state index contributed by atoms with van der Waals surface area (Å²) in [5.74, 6) is 0. The summed E-state index contributed by atoms with van der Waals surface area (Å²) in [7, 11) is 0. The number of pyridine rings is 1. The lowest BCUT2D eigenvalue weighted by Crippen LogP contribution is -2.24. The molecule has 2 rings (SSSR count). The van der Waals surface area contributed by atoms with Crippen LogP contribution in [0.3, 0.4) is 0 Å². The maximum Gasteiger partial charge on any atom is 0.137 e. The summed E-state index contributed by atoms with van der Waals surface area (Å²) in [4.78, 5) is 4.52. The number of hydrogen-bond acceptors (Lipinski definition) is 2. The summed E-state index contributed by atoms with van der Waals surface area (Å²) in [6, 6.07) is 6.59. The smallest absolute Gasteiger partial charge is 0.137 e. The summed E-state index contributed by atoms with van der Waals surface area (Å²) in [5, 5.41) is 3.43. The van der Waals surface area contributed by atoms with E-state index in [9.17, 15) is 0 Å². The number of imidazole rings is 1. The van der Waals surface area contributed by atoms with Gasteiger partial charge in [0.2, 0.25) is 0 Å². The van der Waals surface area contributed by atoms with Gasteiger partial charge in [-0.3, -0.25) is 0 Å². The molecule has 2 aromatic rings. The monoisotopic (exact) mass is 203 g/mol. The molecule has 1 atom stereocenters. The Labute approximate surface area is 90.1 Å². The predicted octanol–water partition coefficient (Wildman–Crippen LogP) is 2.22. The molecule has 0 aliphatic carbocycles. The van der Waals surface area contributed by atoms with Crippen LogP contribution in [-0.2, 0) is 6.54 Å². The van der Waals surface area contributed by atoms with E-state index < -0.39 is 0 Å². The van der Waals surface area contributed by atoms with Gasteiger partial charge in [-0.25, -0.2) is 4.98 Å². The van der Waals surface area contributed by atoms with Crippen LogP contribution in [0.4, 0.5) is 0 Å². The van der Waals surface area contributed by atoms with E-state index in [0.29, 0.717) is 6.04 Å². The van der Waals surface area contributed by atoms with Crippen LogP contribution in [0.2, 0.25) is 0 Å². The number of aromatic nitrogens is 2. The lowest BCUT2D eigenvalue weighted by Gasteiger charge is -2.08. The van der Waals surface area contributed by atoms with Crippen molar-refractivity contribution in [3.63, 3.8) is 0 Å². The highest BCUT2D eigenvalue weighted by Gasteiger charge is 2.02. The number of nitrogens with one attached hydrogen (secondary N) is 1. The van der Waals surface area contributed by atoms with E-state index in [4.69, 9.17) is 0 Å². The Morgan fingerprint density at radius 2 is 2.33 bits per heavy atom. The van der Waals surface area contributed by atoms with E-state index in [1.807, 2.05) is 28.8 Å². The Bertz CT molecular complexity index is 400. The molecule has 2 aromatic heterocycles. The van der Waals surface area contributed by atoms with Gasteiger partial charge in [-0.1, -0.05) is 13.0 Å². The molecule has 3 heteroatoms. The Kier molecular flexibility index (Phi) is 3.02. The van der Waals surface area contributed by atoms with Gasteiger partial charge in [-0.2, -0.15) is 0 Å². The quantitative estimate of drug-likeness (QED) is 0.825. The maximum atomic E-state index is 4.52. The lowest BCUT2D eigenvalue weighted by atomic mass is 10.2. The number of hydrogen-bond donors (Lipinski definition) is 1. The largest absolute Gasteiger partial charge is 0.309 e. The van der Waals surface area contributed by atoms with E-state index in [2.05, 4.69) is 30.3 Å². The van der Waals surface area contributed by atoms with Crippen molar-refractivity contribution in [3.05, 3.63) is 36.3 Å². The average molecular weight is 203 g/mol. The van der Waals surface area contributed by atoms with E-state index in [1.54, 1.807) is 0 Å². The molecule has 1 N–H and O–H groups in total. The topological polar surface area (TPSA) is 29.3 Å². The molecule has 0 fully saturated rings. The number of nitrogens with zero attached hydrogens (tertiary/aromatic N) is 2. The van der Waals surface area contributed by atoms with E-state index in [-0.39, 0.29) is 0 Å². The molecule has 80 valence electrons. The zero-order valence-corrected chi connectivity index (χ0v) is 9.27. The molecule has 0 amide bonds. The van der Waals surface area contributed by atoms with Crippen molar-refractivity contribution in [2.24, 2.45) is 0 Å². The second kappa shape index (κ2) is 4.45. The molecule has 0 saturated heterocycles. The van der Waals surface area contributed by atoms with Crippen LogP contribution in [-0.4, -0.2) is 15.4 Å². The van der Waals surface area contributed by atoms with Crippen LogP contribution in [0.1, 0.15) is 26.0 Å². The average Bonchev–Trinajstić information content (AvgIpc) is 2.68. The first kappa shape index (κ1) is 10.2. The highest BCUT2D eigenvalue weighted by Crippen LogP contribution is 2.04. The molecule has 0 aliphatic rings. The minimum absolute atomic E-state index is 0.551. The zero-order chi connectivity index (χ0) is 10.7. The van der Waals surface area contributed by atoms with Crippen molar-refractivity contribution in [3.8, 4) is 0 Å². The molecule has 0 aliphatic heterocycles. The molecule has 0 bridgehead atoms. The highest BCUT2D eigenvalue weighted by molar-refractivity contribution is 5.39. The van der Waals surface area contributed by atoms with Gasteiger partial charge in [-0.15, -0.1) is 0 Å². The molecule has 0 saturated carbocycles. The van der Waals surface area contributed by atoms with Crippen LogP contribution >= 0.6 is 0 Å². The predicted molar refractivity (Wildman–Crippen MR) is 61.8 cm³/mol. The zero-order valence-electron chi connectivity index (χ0n) is 9.27. The Hall–Kier alpha value is -1.35. The molecule has 15 heavy (non-hydrogen) atoms. The summed E-state index contributed by atoms with van der Waals surface area (Å²) >= 11 is 0. The third-order valence-electron chi connectivity index (χ3n) is 2.66. The highest BCUT2D eigenvalue weighted by atomic mass is 15.0. The molecular formula is C12H17N3. The minimum atomic E-state index is 0.551. The first-order chi connectivity index (χ1) is 7.29. The first-order valence-corrected chi connectivity index (χ1v) is 5.45. The minimum Gasteiger partial charge on any atom is -0.309 e. The van der Waals surface area contributed by atoms with Crippen molar-refractivity contribution in [1.29, 1.82) is 0 Å². The van der Waals surface area contributed by atoms with Crippen molar-refractivity contribution in [1.82, 2.24) is 14.7 Å². The van der Waals surface area contributed by atoms with Crippen molar-refractivity contribution >= 4 is 5.65 Å². The fraction of sp³-hybridized carbons (Fsp3) is 0.417. The van der Waals surface area contributed by atoms with Crippen LogP contribution in [0.25, 0.3) is 5.65 Å².